The van der Waals surface area contributed by atoms with Gasteiger partial charge in [0.05, 0.1) is 19.1 Å². The molecule has 1 amide bonds. The number of rotatable bonds is 10. The van der Waals surface area contributed by atoms with Crippen molar-refractivity contribution >= 4 is 29.3 Å². The molecule has 196 valence electrons. The van der Waals surface area contributed by atoms with Crippen LogP contribution in [0.15, 0.2) is 66.9 Å². The second kappa shape index (κ2) is 11.5. The number of carbonyl (C=O) groups excluding carboxylic acids is 2. The van der Waals surface area contributed by atoms with Crippen molar-refractivity contribution in [3.63, 3.8) is 0 Å². The van der Waals surface area contributed by atoms with Gasteiger partial charge in [-0.15, -0.1) is 0 Å². The Labute approximate surface area is 218 Å². The molecule has 0 fully saturated rings. The summed E-state index contributed by atoms with van der Waals surface area (Å²) in [5.41, 5.74) is 3.42. The van der Waals surface area contributed by atoms with Gasteiger partial charge < -0.3 is 20.5 Å². The average molecular weight is 519 g/mol. The minimum atomic E-state index is -1.04. The molecule has 4 aromatic rings. The average Bonchev–Trinajstić information content (AvgIpc) is 3.25. The highest BCUT2D eigenvalue weighted by Crippen LogP contribution is 2.29. The molecule has 1 atom stereocenters. The number of esters is 1. The number of fused-ring (bicyclic) bond motifs is 1. The molecule has 0 radical (unpaired) electrons. The first-order chi connectivity index (χ1) is 18.2. The van der Waals surface area contributed by atoms with Crippen molar-refractivity contribution in [3.8, 4) is 11.3 Å². The molecular weight excluding hydrogens is 491 g/mol. The lowest BCUT2D eigenvalue weighted by Crippen LogP contribution is -2.30. The van der Waals surface area contributed by atoms with Crippen LogP contribution in [0.4, 0.5) is 10.2 Å². The molecule has 0 saturated carbocycles. The number of nitrogens with one attached hydrogen (secondary N) is 2. The van der Waals surface area contributed by atoms with Gasteiger partial charge in [0.2, 0.25) is 0 Å². The van der Waals surface area contributed by atoms with E-state index in [1.54, 1.807) is 53.9 Å². The molecule has 4 rings (SSSR count). The molecule has 0 bridgehead atoms. The third kappa shape index (κ3) is 6.15. The molecule has 3 N–H and O–H groups in total. The molecule has 2 heterocycles. The van der Waals surface area contributed by atoms with Crippen LogP contribution in [-0.4, -0.2) is 45.5 Å². The largest absolute Gasteiger partial charge is 0.481 e. The van der Waals surface area contributed by atoms with Gasteiger partial charge in [-0.3, -0.25) is 18.8 Å². The summed E-state index contributed by atoms with van der Waals surface area (Å²) in [6.45, 7) is 3.75. The molecule has 0 aliphatic rings. The minimum absolute atomic E-state index is 0.120. The summed E-state index contributed by atoms with van der Waals surface area (Å²) in [6.07, 6.45) is 1.34. The topological polar surface area (TPSA) is 122 Å². The first-order valence-electron chi connectivity index (χ1n) is 12.0. The Bertz CT molecular complexity index is 1470. The van der Waals surface area contributed by atoms with Crippen LogP contribution in [0.5, 0.6) is 0 Å². The zero-order chi connectivity index (χ0) is 27.2. The Morgan fingerprint density at radius 1 is 1.08 bits per heavy atom. The van der Waals surface area contributed by atoms with Crippen molar-refractivity contribution in [1.29, 1.82) is 0 Å². The van der Waals surface area contributed by atoms with E-state index in [9.17, 15) is 23.9 Å². The van der Waals surface area contributed by atoms with E-state index in [4.69, 9.17) is 4.74 Å². The van der Waals surface area contributed by atoms with Crippen molar-refractivity contribution < 1.29 is 28.6 Å². The fraction of sp³-hybridized carbons (Fsp3) is 0.214. The number of anilines is 1. The molecule has 10 heteroatoms. The maximum atomic E-state index is 13.5. The Balaban J connectivity index is 1.67. The number of amides is 1. The number of halogens is 1. The van der Waals surface area contributed by atoms with E-state index >= 15 is 0 Å². The standard InChI is InChI=1S/C28H27FN4O5/c1-3-38-25(36)16-30-27-26(19-8-10-21(29)11-9-19)32-23-14-20(12-13-33(23)27)28(37)31-22(15-24(34)35)18-6-4-17(2)5-7-18/h4-14,22,30H,3,15-16H2,1-2H3,(H,31,37)(H,34,35). The van der Waals surface area contributed by atoms with Gasteiger partial charge in [0.15, 0.2) is 0 Å². The zero-order valence-corrected chi connectivity index (χ0v) is 20.9. The molecule has 9 nitrogen and oxygen atoms in total. The number of hydrogen-bond acceptors (Lipinski definition) is 6. The van der Waals surface area contributed by atoms with E-state index in [-0.39, 0.29) is 25.1 Å². The van der Waals surface area contributed by atoms with Gasteiger partial charge >= 0.3 is 11.9 Å². The van der Waals surface area contributed by atoms with Crippen molar-refractivity contribution in [2.24, 2.45) is 0 Å². The Kier molecular flexibility index (Phi) is 8.00. The van der Waals surface area contributed by atoms with Crippen LogP contribution in [-0.2, 0) is 14.3 Å². The fourth-order valence-corrected chi connectivity index (χ4v) is 4.00. The van der Waals surface area contributed by atoms with Crippen molar-refractivity contribution in [3.05, 3.63) is 89.4 Å². The van der Waals surface area contributed by atoms with Gasteiger partial charge in [0.25, 0.3) is 5.91 Å². The smallest absolute Gasteiger partial charge is 0.325 e. The first kappa shape index (κ1) is 26.3. The number of pyridine rings is 1. The number of carbonyl (C=O) groups is 3. The summed E-state index contributed by atoms with van der Waals surface area (Å²) in [7, 11) is 0. The van der Waals surface area contributed by atoms with Crippen LogP contribution < -0.4 is 10.6 Å². The van der Waals surface area contributed by atoms with Crippen molar-refractivity contribution in [2.45, 2.75) is 26.3 Å². The Morgan fingerprint density at radius 2 is 1.79 bits per heavy atom. The second-order valence-electron chi connectivity index (χ2n) is 8.65. The normalized spacial score (nSPS) is 11.7. The van der Waals surface area contributed by atoms with Gasteiger partial charge in [-0.1, -0.05) is 29.8 Å². The van der Waals surface area contributed by atoms with Gasteiger partial charge in [0.1, 0.15) is 29.5 Å². The second-order valence-corrected chi connectivity index (χ2v) is 8.65. The van der Waals surface area contributed by atoms with E-state index in [0.29, 0.717) is 28.3 Å². The lowest BCUT2D eigenvalue weighted by Gasteiger charge is -2.18. The first-order valence-corrected chi connectivity index (χ1v) is 12.0. The lowest BCUT2D eigenvalue weighted by molar-refractivity contribution is -0.141. The summed E-state index contributed by atoms with van der Waals surface area (Å²) in [4.78, 5) is 41.2. The van der Waals surface area contributed by atoms with E-state index in [1.165, 1.54) is 12.1 Å². The highest BCUT2D eigenvalue weighted by molar-refractivity contribution is 5.96. The number of carboxylic acids is 1. The van der Waals surface area contributed by atoms with Crippen LogP contribution >= 0.6 is 0 Å². The van der Waals surface area contributed by atoms with Crippen LogP contribution in [0, 0.1) is 12.7 Å². The molecule has 0 spiro atoms. The van der Waals surface area contributed by atoms with Crippen LogP contribution in [0.25, 0.3) is 16.9 Å². The number of aryl methyl sites for hydroxylation is 1. The van der Waals surface area contributed by atoms with Gasteiger partial charge in [0, 0.05) is 17.3 Å². The maximum Gasteiger partial charge on any atom is 0.325 e. The number of aromatic nitrogens is 2. The maximum absolute atomic E-state index is 13.5. The predicted molar refractivity (Wildman–Crippen MR) is 139 cm³/mol. The molecule has 1 unspecified atom stereocenters. The highest BCUT2D eigenvalue weighted by atomic mass is 19.1. The zero-order valence-electron chi connectivity index (χ0n) is 20.9. The SMILES string of the molecule is CCOC(=O)CNc1c(-c2ccc(F)cc2)nc2cc(C(=O)NC(CC(=O)O)c3ccc(C)cc3)ccn12. The van der Waals surface area contributed by atoms with E-state index in [1.807, 2.05) is 19.1 Å². The van der Waals surface area contributed by atoms with Gasteiger partial charge in [-0.2, -0.15) is 0 Å². The minimum Gasteiger partial charge on any atom is -0.481 e. The van der Waals surface area contributed by atoms with E-state index in [0.717, 1.165) is 5.56 Å². The number of aliphatic carboxylic acids is 1. The predicted octanol–water partition coefficient (Wildman–Crippen LogP) is 4.37. The summed E-state index contributed by atoms with van der Waals surface area (Å²) >= 11 is 0. The summed E-state index contributed by atoms with van der Waals surface area (Å²) in [5.74, 6) is -1.89. The number of hydrogen-bond donors (Lipinski definition) is 3. The summed E-state index contributed by atoms with van der Waals surface area (Å²) < 4.78 is 20.2. The third-order valence-corrected chi connectivity index (χ3v) is 5.88. The molecule has 2 aromatic heterocycles. The quantitative estimate of drug-likeness (QED) is 0.267. The Morgan fingerprint density at radius 3 is 2.45 bits per heavy atom. The monoisotopic (exact) mass is 518 g/mol. The fourth-order valence-electron chi connectivity index (χ4n) is 4.00. The van der Waals surface area contributed by atoms with Crippen LogP contribution in [0.2, 0.25) is 0 Å². The van der Waals surface area contributed by atoms with Gasteiger partial charge in [-0.25, -0.2) is 9.37 Å². The molecule has 2 aromatic carbocycles. The van der Waals surface area contributed by atoms with Crippen LogP contribution in [0.3, 0.4) is 0 Å². The number of nitrogens with zero attached hydrogens (tertiary/aromatic N) is 2. The molecule has 38 heavy (non-hydrogen) atoms. The summed E-state index contributed by atoms with van der Waals surface area (Å²) in [6, 6.07) is 15.4. The number of imidazole rings is 1. The van der Waals surface area contributed by atoms with E-state index in [2.05, 4.69) is 15.6 Å². The lowest BCUT2D eigenvalue weighted by atomic mass is 10.0. The number of ether oxygens (including phenoxy) is 1. The van der Waals surface area contributed by atoms with Crippen molar-refractivity contribution in [2.75, 3.05) is 18.5 Å². The summed E-state index contributed by atoms with van der Waals surface area (Å²) in [5, 5.41) is 15.2. The van der Waals surface area contributed by atoms with Crippen molar-refractivity contribution in [1.82, 2.24) is 14.7 Å². The third-order valence-electron chi connectivity index (χ3n) is 5.88. The van der Waals surface area contributed by atoms with Crippen LogP contribution in [0.1, 0.15) is 40.9 Å². The molecular formula is C28H27FN4O5. The van der Waals surface area contributed by atoms with E-state index < -0.39 is 29.7 Å². The Hall–Kier alpha value is -4.73. The highest BCUT2D eigenvalue weighted by Gasteiger charge is 2.21. The molecule has 0 aliphatic carbocycles. The van der Waals surface area contributed by atoms with Gasteiger partial charge in [-0.05, 0) is 55.8 Å². The molecule has 0 saturated heterocycles. The molecule has 0 aliphatic heterocycles. The number of carboxylic acid groups (broad SMARTS) is 1. The number of benzene rings is 2.